The van der Waals surface area contributed by atoms with E-state index in [9.17, 15) is 4.79 Å². The first kappa shape index (κ1) is 15.2. The van der Waals surface area contributed by atoms with Crippen LogP contribution in [0.4, 0.5) is 0 Å². The number of halogens is 2. The molecule has 1 N–H and O–H groups in total. The minimum absolute atomic E-state index is 0.0914. The van der Waals surface area contributed by atoms with Gasteiger partial charge in [0.2, 0.25) is 0 Å². The molecule has 0 aliphatic heterocycles. The molecule has 3 rings (SSSR count). The fraction of sp³-hybridized carbons (Fsp3) is 0.588. The van der Waals surface area contributed by atoms with Gasteiger partial charge in [-0.1, -0.05) is 44.0 Å². The van der Waals surface area contributed by atoms with Crippen molar-refractivity contribution in [2.45, 2.75) is 46.1 Å². The normalized spacial score (nSPS) is 33.2. The smallest absolute Gasteiger partial charge is 0.253 e. The summed E-state index contributed by atoms with van der Waals surface area (Å²) in [6.07, 6.45) is 3.53. The lowest BCUT2D eigenvalue weighted by atomic mass is 9.69. The summed E-state index contributed by atoms with van der Waals surface area (Å²) < 4.78 is 0. The zero-order valence-electron chi connectivity index (χ0n) is 12.7. The van der Waals surface area contributed by atoms with Crippen molar-refractivity contribution in [1.29, 1.82) is 0 Å². The number of rotatable bonds is 2. The molecule has 0 radical (unpaired) electrons. The Hall–Kier alpha value is -0.730. The number of carbonyl (C=O) groups excluding carboxylic acids is 1. The summed E-state index contributed by atoms with van der Waals surface area (Å²) in [6, 6.07) is 5.24. The van der Waals surface area contributed by atoms with Gasteiger partial charge in [-0.25, -0.2) is 0 Å². The van der Waals surface area contributed by atoms with Crippen molar-refractivity contribution in [2.24, 2.45) is 16.7 Å². The molecule has 4 heteroatoms. The van der Waals surface area contributed by atoms with Gasteiger partial charge in [0.05, 0.1) is 10.6 Å². The molecule has 0 saturated heterocycles. The van der Waals surface area contributed by atoms with E-state index in [4.69, 9.17) is 23.2 Å². The van der Waals surface area contributed by atoms with Crippen LogP contribution < -0.4 is 5.32 Å². The number of nitrogens with one attached hydrogen (secondary N) is 1. The molecule has 2 aliphatic carbocycles. The second-order valence-electron chi connectivity index (χ2n) is 7.26. The number of hydrogen-bond acceptors (Lipinski definition) is 1. The van der Waals surface area contributed by atoms with E-state index in [0.29, 0.717) is 21.5 Å². The Balaban J connectivity index is 1.80. The SMILES string of the molecule is CC1(C)[C@@H]2CC[C@]1(C)[C@H](NC(=O)c1ccc(Cl)cc1Cl)C2. The van der Waals surface area contributed by atoms with Crippen molar-refractivity contribution < 1.29 is 4.79 Å². The molecule has 2 saturated carbocycles. The molecule has 3 atom stereocenters. The summed E-state index contributed by atoms with van der Waals surface area (Å²) in [5.41, 5.74) is 0.964. The van der Waals surface area contributed by atoms with E-state index in [1.54, 1.807) is 18.2 Å². The summed E-state index contributed by atoms with van der Waals surface area (Å²) in [6.45, 7) is 6.99. The van der Waals surface area contributed by atoms with Gasteiger partial charge >= 0.3 is 0 Å². The fourth-order valence-corrected chi connectivity index (χ4v) is 4.83. The van der Waals surface area contributed by atoms with Gasteiger partial charge in [0, 0.05) is 11.1 Å². The predicted molar refractivity (Wildman–Crippen MR) is 86.9 cm³/mol. The van der Waals surface area contributed by atoms with Crippen LogP contribution >= 0.6 is 23.2 Å². The maximum atomic E-state index is 12.5. The van der Waals surface area contributed by atoms with E-state index in [1.807, 2.05) is 0 Å². The molecule has 2 bridgehead atoms. The van der Waals surface area contributed by atoms with Crippen molar-refractivity contribution in [1.82, 2.24) is 5.32 Å². The second-order valence-corrected chi connectivity index (χ2v) is 8.10. The van der Waals surface area contributed by atoms with Crippen molar-refractivity contribution in [2.75, 3.05) is 0 Å². The number of fused-ring (bicyclic) bond motifs is 2. The van der Waals surface area contributed by atoms with Crippen molar-refractivity contribution >= 4 is 29.1 Å². The van der Waals surface area contributed by atoms with Crippen LogP contribution in [-0.4, -0.2) is 11.9 Å². The first-order chi connectivity index (χ1) is 9.75. The first-order valence-electron chi connectivity index (χ1n) is 7.51. The maximum absolute atomic E-state index is 12.5. The highest BCUT2D eigenvalue weighted by atomic mass is 35.5. The molecular weight excluding hydrogens is 305 g/mol. The van der Waals surface area contributed by atoms with E-state index in [0.717, 1.165) is 6.42 Å². The lowest BCUT2D eigenvalue weighted by Crippen LogP contribution is -2.46. The Kier molecular flexibility index (Phi) is 3.53. The standard InChI is InChI=1S/C17H21Cl2NO/c1-16(2)10-6-7-17(16,3)14(8-10)20-15(21)12-5-4-11(18)9-13(12)19/h4-5,9-10,14H,6-8H2,1-3H3,(H,20,21)/t10-,14-,17-/m1/s1. The van der Waals surface area contributed by atoms with Crippen molar-refractivity contribution in [3.8, 4) is 0 Å². The predicted octanol–water partition coefficient (Wildman–Crippen LogP) is 4.94. The van der Waals surface area contributed by atoms with E-state index >= 15 is 0 Å². The lowest BCUT2D eigenvalue weighted by Gasteiger charge is -2.39. The molecule has 114 valence electrons. The number of carbonyl (C=O) groups is 1. The Morgan fingerprint density at radius 3 is 2.52 bits per heavy atom. The fourth-order valence-electron chi connectivity index (χ4n) is 4.33. The van der Waals surface area contributed by atoms with Gasteiger partial charge in [0.1, 0.15) is 0 Å². The third-order valence-electron chi connectivity index (χ3n) is 6.28. The molecule has 2 nitrogen and oxygen atoms in total. The molecule has 2 aliphatic rings. The third kappa shape index (κ3) is 2.19. The quantitative estimate of drug-likeness (QED) is 0.819. The Morgan fingerprint density at radius 1 is 1.29 bits per heavy atom. The molecule has 1 amide bonds. The zero-order chi connectivity index (χ0) is 15.4. The molecule has 1 aromatic carbocycles. The van der Waals surface area contributed by atoms with Gasteiger partial charge in [0.25, 0.3) is 5.91 Å². The largest absolute Gasteiger partial charge is 0.349 e. The molecule has 21 heavy (non-hydrogen) atoms. The molecule has 2 fully saturated rings. The van der Waals surface area contributed by atoms with Gasteiger partial charge in [-0.3, -0.25) is 4.79 Å². The highest BCUT2D eigenvalue weighted by molar-refractivity contribution is 6.36. The topological polar surface area (TPSA) is 29.1 Å². The molecule has 0 unspecified atom stereocenters. The first-order valence-corrected chi connectivity index (χ1v) is 8.27. The van der Waals surface area contributed by atoms with Crippen LogP contribution in [-0.2, 0) is 0 Å². The minimum atomic E-state index is -0.0914. The van der Waals surface area contributed by atoms with Crippen LogP contribution in [0.3, 0.4) is 0 Å². The van der Waals surface area contributed by atoms with Gasteiger partial charge in [-0.15, -0.1) is 0 Å². The van der Waals surface area contributed by atoms with Gasteiger partial charge in [0.15, 0.2) is 0 Å². The molecule has 0 aromatic heterocycles. The second kappa shape index (κ2) is 4.89. The highest BCUT2D eigenvalue weighted by Gasteiger charge is 2.61. The molecule has 0 heterocycles. The van der Waals surface area contributed by atoms with E-state index in [1.165, 1.54) is 12.8 Å². The Labute approximate surface area is 136 Å². The Bertz CT molecular complexity index is 598. The van der Waals surface area contributed by atoms with E-state index in [-0.39, 0.29) is 22.8 Å². The highest BCUT2D eigenvalue weighted by Crippen LogP contribution is 2.65. The van der Waals surface area contributed by atoms with Crippen LogP contribution in [0, 0.1) is 16.7 Å². The van der Waals surface area contributed by atoms with Crippen molar-refractivity contribution in [3.63, 3.8) is 0 Å². The van der Waals surface area contributed by atoms with Crippen molar-refractivity contribution in [3.05, 3.63) is 33.8 Å². The zero-order valence-corrected chi connectivity index (χ0v) is 14.2. The van der Waals surface area contributed by atoms with Gasteiger partial charge in [-0.05, 0) is 54.2 Å². The van der Waals surface area contributed by atoms with Crippen LogP contribution in [0.15, 0.2) is 18.2 Å². The number of amides is 1. The third-order valence-corrected chi connectivity index (χ3v) is 6.82. The summed E-state index contributed by atoms with van der Waals surface area (Å²) in [5, 5.41) is 4.17. The summed E-state index contributed by atoms with van der Waals surface area (Å²) in [4.78, 5) is 12.5. The Morgan fingerprint density at radius 2 is 2.00 bits per heavy atom. The minimum Gasteiger partial charge on any atom is -0.349 e. The van der Waals surface area contributed by atoms with Crippen LogP contribution in [0.5, 0.6) is 0 Å². The summed E-state index contributed by atoms with van der Waals surface area (Å²) in [5.74, 6) is 0.611. The number of hydrogen-bond donors (Lipinski definition) is 1. The summed E-state index contributed by atoms with van der Waals surface area (Å²) in [7, 11) is 0. The molecule has 1 aromatic rings. The van der Waals surface area contributed by atoms with Crippen LogP contribution in [0.25, 0.3) is 0 Å². The molecular formula is C17H21Cl2NO. The van der Waals surface area contributed by atoms with Crippen LogP contribution in [0.1, 0.15) is 50.4 Å². The van der Waals surface area contributed by atoms with E-state index < -0.39 is 0 Å². The average Bonchev–Trinajstić information content (AvgIpc) is 2.71. The lowest BCUT2D eigenvalue weighted by molar-refractivity contribution is 0.0826. The number of benzene rings is 1. The van der Waals surface area contributed by atoms with Gasteiger partial charge < -0.3 is 5.32 Å². The molecule has 0 spiro atoms. The average molecular weight is 326 g/mol. The maximum Gasteiger partial charge on any atom is 0.253 e. The summed E-state index contributed by atoms with van der Waals surface area (Å²) >= 11 is 12.0. The monoisotopic (exact) mass is 325 g/mol. The van der Waals surface area contributed by atoms with E-state index in [2.05, 4.69) is 26.1 Å². The van der Waals surface area contributed by atoms with Crippen LogP contribution in [0.2, 0.25) is 10.0 Å². The van der Waals surface area contributed by atoms with Gasteiger partial charge in [-0.2, -0.15) is 0 Å².